The summed E-state index contributed by atoms with van der Waals surface area (Å²) in [4.78, 5) is 8.85. The second-order valence-electron chi connectivity index (χ2n) is 2.31. The quantitative estimate of drug-likeness (QED) is 0.917. The van der Waals surface area contributed by atoms with Gasteiger partial charge in [-0.2, -0.15) is 0 Å². The highest BCUT2D eigenvalue weighted by Crippen LogP contribution is 2.28. The molecule has 1 unspecified atom stereocenters. The number of hydrogen-bond donors (Lipinski definition) is 1. The first-order valence-corrected chi connectivity index (χ1v) is 6.00. The molecule has 0 radical (unpaired) electrons. The summed E-state index contributed by atoms with van der Waals surface area (Å²) < 4.78 is 0.760. The minimum atomic E-state index is -0.635. The van der Waals surface area contributed by atoms with E-state index in [9.17, 15) is 5.11 Å². The highest BCUT2D eigenvalue weighted by Gasteiger charge is 2.15. The first-order chi connectivity index (χ1) is 6.27. The largest absolute Gasteiger partial charge is 0.380 e. The van der Waals surface area contributed by atoms with Gasteiger partial charge in [0.1, 0.15) is 15.7 Å². The molecular weight excluding hydrogens is 272 g/mol. The molecule has 13 heavy (non-hydrogen) atoms. The van der Waals surface area contributed by atoms with Crippen LogP contribution in [-0.4, -0.2) is 15.1 Å². The van der Waals surface area contributed by atoms with Gasteiger partial charge in [-0.25, -0.2) is 4.98 Å². The molecular formula is C7H5BrN2OS2. The highest BCUT2D eigenvalue weighted by atomic mass is 79.9. The van der Waals surface area contributed by atoms with E-state index in [0.29, 0.717) is 5.01 Å². The van der Waals surface area contributed by atoms with Gasteiger partial charge in [0.25, 0.3) is 0 Å². The smallest absolute Gasteiger partial charge is 0.141 e. The second kappa shape index (κ2) is 3.83. The van der Waals surface area contributed by atoms with Crippen LogP contribution in [0, 0.1) is 0 Å². The molecule has 0 aromatic carbocycles. The lowest BCUT2D eigenvalue weighted by molar-refractivity contribution is 0.223. The summed E-state index contributed by atoms with van der Waals surface area (Å²) in [5.74, 6) is 0. The van der Waals surface area contributed by atoms with E-state index in [1.165, 1.54) is 22.7 Å². The number of hydrogen-bond acceptors (Lipinski definition) is 5. The van der Waals surface area contributed by atoms with Crippen molar-refractivity contribution in [1.29, 1.82) is 0 Å². The van der Waals surface area contributed by atoms with Crippen LogP contribution >= 0.6 is 38.6 Å². The zero-order valence-electron chi connectivity index (χ0n) is 6.35. The lowest BCUT2D eigenvalue weighted by Gasteiger charge is -2.01. The molecule has 0 saturated carbocycles. The fraction of sp³-hybridized carbons (Fsp3) is 0.143. The Labute approximate surface area is 91.2 Å². The van der Waals surface area contributed by atoms with Crippen molar-refractivity contribution in [3.8, 4) is 0 Å². The summed E-state index contributed by atoms with van der Waals surface area (Å²) in [6.45, 7) is 0. The Bertz CT molecular complexity index is 387. The zero-order chi connectivity index (χ0) is 9.26. The fourth-order valence-electron chi connectivity index (χ4n) is 0.875. The van der Waals surface area contributed by atoms with Crippen LogP contribution in [0.2, 0.25) is 0 Å². The van der Waals surface area contributed by atoms with Crippen LogP contribution in [0.15, 0.2) is 21.7 Å². The maximum atomic E-state index is 9.79. The molecule has 3 nitrogen and oxygen atoms in total. The Kier molecular flexibility index (Phi) is 2.73. The van der Waals surface area contributed by atoms with Crippen molar-refractivity contribution in [2.45, 2.75) is 6.10 Å². The van der Waals surface area contributed by atoms with E-state index in [0.717, 1.165) is 9.48 Å². The Morgan fingerprint density at radius 2 is 2.31 bits per heavy atom. The molecule has 68 valence electrons. The molecule has 2 aromatic rings. The fourth-order valence-corrected chi connectivity index (χ4v) is 2.82. The summed E-state index contributed by atoms with van der Waals surface area (Å²) >= 11 is 6.09. The summed E-state index contributed by atoms with van der Waals surface area (Å²) in [5, 5.41) is 12.3. The third-order valence-electron chi connectivity index (χ3n) is 1.45. The highest BCUT2D eigenvalue weighted by molar-refractivity contribution is 9.10. The monoisotopic (exact) mass is 276 g/mol. The Hall–Kier alpha value is -0.300. The van der Waals surface area contributed by atoms with Gasteiger partial charge in [-0.15, -0.1) is 22.7 Å². The van der Waals surface area contributed by atoms with Crippen molar-refractivity contribution in [3.05, 3.63) is 31.6 Å². The van der Waals surface area contributed by atoms with E-state index in [-0.39, 0.29) is 0 Å². The lowest BCUT2D eigenvalue weighted by atomic mass is 10.3. The van der Waals surface area contributed by atoms with Gasteiger partial charge in [-0.3, -0.25) is 4.98 Å². The van der Waals surface area contributed by atoms with Gasteiger partial charge < -0.3 is 5.11 Å². The van der Waals surface area contributed by atoms with Crippen molar-refractivity contribution < 1.29 is 5.11 Å². The van der Waals surface area contributed by atoms with Gasteiger partial charge >= 0.3 is 0 Å². The minimum Gasteiger partial charge on any atom is -0.380 e. The average molecular weight is 277 g/mol. The lowest BCUT2D eigenvalue weighted by Crippen LogP contribution is -1.95. The third-order valence-corrected chi connectivity index (χ3v) is 3.88. The number of nitrogens with zero attached hydrogens (tertiary/aromatic N) is 2. The van der Waals surface area contributed by atoms with E-state index in [1.54, 1.807) is 11.7 Å². The zero-order valence-corrected chi connectivity index (χ0v) is 9.56. The van der Waals surface area contributed by atoms with Crippen LogP contribution in [0.3, 0.4) is 0 Å². The van der Waals surface area contributed by atoms with Crippen LogP contribution in [0.25, 0.3) is 0 Å². The number of halogens is 1. The molecule has 0 aliphatic rings. The first-order valence-electron chi connectivity index (χ1n) is 3.45. The molecule has 0 aliphatic heterocycles. The number of aliphatic hydroxyl groups is 1. The molecule has 6 heteroatoms. The molecule has 0 aliphatic carbocycles. The van der Waals surface area contributed by atoms with E-state index >= 15 is 0 Å². The molecule has 0 fully saturated rings. The molecule has 0 bridgehead atoms. The van der Waals surface area contributed by atoms with Crippen molar-refractivity contribution in [3.63, 3.8) is 0 Å². The second-order valence-corrected chi connectivity index (χ2v) is 4.93. The number of rotatable bonds is 2. The molecule has 2 heterocycles. The van der Waals surface area contributed by atoms with E-state index in [4.69, 9.17) is 0 Å². The molecule has 0 amide bonds. The number of thiazole rings is 2. The predicted molar refractivity (Wildman–Crippen MR) is 56.0 cm³/mol. The summed E-state index contributed by atoms with van der Waals surface area (Å²) in [6, 6.07) is 0. The minimum absolute atomic E-state index is 0.635. The summed E-state index contributed by atoms with van der Waals surface area (Å²) in [6.07, 6.45) is 1.02. The number of aromatic nitrogens is 2. The molecule has 0 spiro atoms. The van der Waals surface area contributed by atoms with E-state index in [1.807, 2.05) is 5.38 Å². The van der Waals surface area contributed by atoms with Gasteiger partial charge in [0.2, 0.25) is 0 Å². The first kappa shape index (κ1) is 9.26. The maximum Gasteiger partial charge on any atom is 0.141 e. The standard InChI is InChI=1S/C7H5BrN2OS2/c8-5-2-12-7(10-5)6(11)4-1-9-3-13-4/h1-3,6,11H. The van der Waals surface area contributed by atoms with Crippen LogP contribution in [0.1, 0.15) is 16.0 Å². The topological polar surface area (TPSA) is 46.0 Å². The molecule has 2 aromatic heterocycles. The van der Waals surface area contributed by atoms with Gasteiger partial charge in [-0.05, 0) is 15.9 Å². The van der Waals surface area contributed by atoms with E-state index < -0.39 is 6.10 Å². The van der Waals surface area contributed by atoms with Gasteiger partial charge in [0.15, 0.2) is 0 Å². The Balaban J connectivity index is 2.28. The van der Waals surface area contributed by atoms with Gasteiger partial charge in [-0.1, -0.05) is 0 Å². The summed E-state index contributed by atoms with van der Waals surface area (Å²) in [7, 11) is 0. The van der Waals surface area contributed by atoms with Crippen molar-refractivity contribution in [2.75, 3.05) is 0 Å². The Morgan fingerprint density at radius 3 is 2.85 bits per heavy atom. The van der Waals surface area contributed by atoms with Crippen LogP contribution in [0.5, 0.6) is 0 Å². The molecule has 0 saturated heterocycles. The predicted octanol–water partition coefficient (Wildman–Crippen LogP) is 2.44. The van der Waals surface area contributed by atoms with Crippen LogP contribution < -0.4 is 0 Å². The van der Waals surface area contributed by atoms with Gasteiger partial charge in [0.05, 0.1) is 10.4 Å². The summed E-state index contributed by atoms with van der Waals surface area (Å²) in [5.41, 5.74) is 1.70. The third kappa shape index (κ3) is 1.96. The van der Waals surface area contributed by atoms with Crippen molar-refractivity contribution >= 4 is 38.6 Å². The molecule has 1 atom stereocenters. The van der Waals surface area contributed by atoms with Crippen LogP contribution in [-0.2, 0) is 0 Å². The Morgan fingerprint density at radius 1 is 1.46 bits per heavy atom. The van der Waals surface area contributed by atoms with E-state index in [2.05, 4.69) is 25.9 Å². The molecule has 2 rings (SSSR count). The van der Waals surface area contributed by atoms with Gasteiger partial charge in [0, 0.05) is 11.6 Å². The van der Waals surface area contributed by atoms with Crippen molar-refractivity contribution in [1.82, 2.24) is 9.97 Å². The SMILES string of the molecule is OC(c1cncs1)c1nc(Br)cs1. The number of aliphatic hydroxyl groups excluding tert-OH is 1. The van der Waals surface area contributed by atoms with Crippen LogP contribution in [0.4, 0.5) is 0 Å². The maximum absolute atomic E-state index is 9.79. The normalized spacial score (nSPS) is 13.1. The van der Waals surface area contributed by atoms with Crippen molar-refractivity contribution in [2.24, 2.45) is 0 Å². The molecule has 1 N–H and O–H groups in total. The average Bonchev–Trinajstić information content (AvgIpc) is 2.72.